The lowest BCUT2D eigenvalue weighted by Gasteiger charge is -2.34. The Kier molecular flexibility index (Phi) is 6.60. The molecule has 0 radical (unpaired) electrons. The van der Waals surface area contributed by atoms with Gasteiger partial charge in [-0.15, -0.1) is 0 Å². The van der Waals surface area contributed by atoms with Crippen LogP contribution in [0.25, 0.3) is 0 Å². The topological polar surface area (TPSA) is 69.7 Å². The van der Waals surface area contributed by atoms with Crippen LogP contribution in [-0.4, -0.2) is 45.8 Å². The second kappa shape index (κ2) is 8.97. The van der Waals surface area contributed by atoms with Crippen LogP contribution in [0.15, 0.2) is 30.3 Å². The number of urea groups is 1. The molecule has 0 aromatic heterocycles. The molecule has 1 saturated carbocycles. The van der Waals surface area contributed by atoms with E-state index in [0.29, 0.717) is 25.3 Å². The van der Waals surface area contributed by atoms with E-state index in [1.54, 1.807) is 4.90 Å². The molecule has 158 valence electrons. The zero-order valence-corrected chi connectivity index (χ0v) is 17.8. The number of carbonyl (C=O) groups is 3. The van der Waals surface area contributed by atoms with Gasteiger partial charge in [-0.3, -0.25) is 14.5 Å². The third-order valence-electron chi connectivity index (χ3n) is 6.71. The van der Waals surface area contributed by atoms with Crippen LogP contribution in [0.4, 0.5) is 4.79 Å². The third-order valence-corrected chi connectivity index (χ3v) is 6.71. The quantitative estimate of drug-likeness (QED) is 0.711. The first-order valence-electron chi connectivity index (χ1n) is 10.9. The smallest absolute Gasteiger partial charge is 0.325 e. The average Bonchev–Trinajstić information content (AvgIpc) is 2.96. The summed E-state index contributed by atoms with van der Waals surface area (Å²) in [6.45, 7) is 6.48. The molecule has 1 aromatic rings. The molecule has 2 aliphatic rings. The summed E-state index contributed by atoms with van der Waals surface area (Å²) in [5.41, 5.74) is 0.233. The molecule has 1 aliphatic carbocycles. The maximum absolute atomic E-state index is 13.1. The second-order valence-electron chi connectivity index (χ2n) is 8.52. The van der Waals surface area contributed by atoms with Gasteiger partial charge in [0.15, 0.2) is 0 Å². The normalized spacial score (nSPS) is 25.2. The van der Waals surface area contributed by atoms with Gasteiger partial charge >= 0.3 is 6.03 Å². The molecule has 1 N–H and O–H groups in total. The van der Waals surface area contributed by atoms with Crippen molar-refractivity contribution in [3.05, 3.63) is 35.9 Å². The number of rotatable bonds is 7. The molecule has 2 fully saturated rings. The molecule has 0 bridgehead atoms. The van der Waals surface area contributed by atoms with E-state index in [1.807, 2.05) is 44.2 Å². The van der Waals surface area contributed by atoms with E-state index < -0.39 is 11.6 Å². The molecule has 3 rings (SSSR count). The fourth-order valence-electron chi connectivity index (χ4n) is 4.45. The number of nitrogens with zero attached hydrogens (tertiary/aromatic N) is 2. The molecule has 1 unspecified atom stereocenters. The largest absolute Gasteiger partial charge is 0.334 e. The highest BCUT2D eigenvalue weighted by Gasteiger charge is 2.52. The van der Waals surface area contributed by atoms with Gasteiger partial charge in [0.25, 0.3) is 5.91 Å². The Balaban J connectivity index is 1.70. The molecule has 1 aromatic carbocycles. The van der Waals surface area contributed by atoms with Gasteiger partial charge in [-0.1, -0.05) is 50.6 Å². The molecule has 6 nitrogen and oxygen atoms in total. The van der Waals surface area contributed by atoms with Crippen molar-refractivity contribution in [1.82, 2.24) is 15.1 Å². The Morgan fingerprint density at radius 2 is 1.86 bits per heavy atom. The van der Waals surface area contributed by atoms with Crippen molar-refractivity contribution in [3.63, 3.8) is 0 Å². The lowest BCUT2D eigenvalue weighted by Crippen LogP contribution is -2.50. The zero-order valence-electron chi connectivity index (χ0n) is 17.8. The Hall–Kier alpha value is -2.37. The minimum Gasteiger partial charge on any atom is -0.334 e. The first kappa shape index (κ1) is 21.3. The molecule has 1 spiro atoms. The van der Waals surface area contributed by atoms with Crippen molar-refractivity contribution in [2.75, 3.05) is 6.54 Å². The van der Waals surface area contributed by atoms with Crippen LogP contribution in [0.3, 0.4) is 0 Å². The zero-order chi connectivity index (χ0) is 21.0. The second-order valence-corrected chi connectivity index (χ2v) is 8.52. The molecule has 6 heteroatoms. The predicted molar refractivity (Wildman–Crippen MR) is 112 cm³/mol. The van der Waals surface area contributed by atoms with Crippen molar-refractivity contribution >= 4 is 17.8 Å². The van der Waals surface area contributed by atoms with Crippen molar-refractivity contribution in [1.29, 1.82) is 0 Å². The van der Waals surface area contributed by atoms with Crippen LogP contribution < -0.4 is 5.32 Å². The van der Waals surface area contributed by atoms with Crippen LogP contribution >= 0.6 is 0 Å². The number of amides is 4. The van der Waals surface area contributed by atoms with E-state index in [0.717, 1.165) is 36.1 Å². The van der Waals surface area contributed by atoms with Crippen molar-refractivity contribution in [2.45, 2.75) is 77.4 Å². The van der Waals surface area contributed by atoms with Crippen LogP contribution in [0.2, 0.25) is 0 Å². The van der Waals surface area contributed by atoms with E-state index in [-0.39, 0.29) is 24.4 Å². The van der Waals surface area contributed by atoms with Gasteiger partial charge < -0.3 is 10.2 Å². The summed E-state index contributed by atoms with van der Waals surface area (Å²) in [5.74, 6) is 0.202. The fourth-order valence-corrected chi connectivity index (χ4v) is 4.45. The Morgan fingerprint density at radius 3 is 2.45 bits per heavy atom. The summed E-state index contributed by atoms with van der Waals surface area (Å²) in [6.07, 6.45) is 5.12. The van der Waals surface area contributed by atoms with Gasteiger partial charge in [-0.05, 0) is 50.5 Å². The van der Waals surface area contributed by atoms with Gasteiger partial charge in [-0.2, -0.15) is 0 Å². The van der Waals surface area contributed by atoms with Gasteiger partial charge in [0.05, 0.1) is 0 Å². The lowest BCUT2D eigenvalue weighted by atomic mass is 9.75. The van der Waals surface area contributed by atoms with E-state index in [4.69, 9.17) is 0 Å². The molecule has 1 aliphatic heterocycles. The Labute approximate surface area is 173 Å². The minimum atomic E-state index is -0.802. The summed E-state index contributed by atoms with van der Waals surface area (Å²) in [6, 6.07) is 9.40. The summed E-state index contributed by atoms with van der Waals surface area (Å²) in [4.78, 5) is 41.7. The van der Waals surface area contributed by atoms with Crippen LogP contribution in [0.1, 0.15) is 64.9 Å². The average molecular weight is 400 g/mol. The highest BCUT2D eigenvalue weighted by Crippen LogP contribution is 2.37. The fraction of sp³-hybridized carbons (Fsp3) is 0.609. The summed E-state index contributed by atoms with van der Waals surface area (Å²) in [5, 5.41) is 2.92. The minimum absolute atomic E-state index is 0.0254. The van der Waals surface area contributed by atoms with Gasteiger partial charge in [-0.25, -0.2) is 4.79 Å². The highest BCUT2D eigenvalue weighted by atomic mass is 16.2. The number of nitrogens with one attached hydrogen (secondary N) is 1. The summed E-state index contributed by atoms with van der Waals surface area (Å²) >= 11 is 0. The van der Waals surface area contributed by atoms with E-state index in [9.17, 15) is 14.4 Å². The maximum atomic E-state index is 13.1. The number of benzene rings is 1. The third kappa shape index (κ3) is 4.46. The number of hydrogen-bond acceptors (Lipinski definition) is 3. The van der Waals surface area contributed by atoms with Gasteiger partial charge in [0.2, 0.25) is 5.91 Å². The number of carbonyl (C=O) groups excluding carboxylic acids is 3. The molecule has 1 heterocycles. The summed E-state index contributed by atoms with van der Waals surface area (Å²) < 4.78 is 0. The molecular weight excluding hydrogens is 366 g/mol. The van der Waals surface area contributed by atoms with Crippen LogP contribution in [0, 0.1) is 5.92 Å². The van der Waals surface area contributed by atoms with Crippen LogP contribution in [-0.2, 0) is 16.1 Å². The first-order valence-corrected chi connectivity index (χ1v) is 10.9. The van der Waals surface area contributed by atoms with Crippen molar-refractivity contribution in [3.8, 4) is 0 Å². The molecule has 1 saturated heterocycles. The summed E-state index contributed by atoms with van der Waals surface area (Å²) in [7, 11) is 0. The molecule has 29 heavy (non-hydrogen) atoms. The van der Waals surface area contributed by atoms with Crippen LogP contribution in [0.5, 0.6) is 0 Å². The monoisotopic (exact) mass is 399 g/mol. The number of imide groups is 1. The van der Waals surface area contributed by atoms with E-state index in [1.165, 1.54) is 0 Å². The number of hydrogen-bond donors (Lipinski definition) is 1. The van der Waals surface area contributed by atoms with Gasteiger partial charge in [0, 0.05) is 12.6 Å². The predicted octanol–water partition coefficient (Wildman–Crippen LogP) is 3.70. The maximum Gasteiger partial charge on any atom is 0.325 e. The van der Waals surface area contributed by atoms with Crippen molar-refractivity contribution < 1.29 is 14.4 Å². The van der Waals surface area contributed by atoms with Gasteiger partial charge in [0.1, 0.15) is 12.1 Å². The molecule has 1 atom stereocenters. The Bertz CT molecular complexity index is 741. The Morgan fingerprint density at radius 1 is 1.21 bits per heavy atom. The first-order chi connectivity index (χ1) is 13.9. The SMILES string of the molecule is CCC1CCC2(CC1)NC(=O)N(CC(=O)N(Cc1ccccc1)C(C)CC)C2=O. The molecule has 4 amide bonds. The lowest BCUT2D eigenvalue weighted by molar-refractivity contribution is -0.141. The van der Waals surface area contributed by atoms with E-state index in [2.05, 4.69) is 12.2 Å². The standard InChI is InChI=1S/C23H33N3O3/c1-4-17(3)25(15-19-9-7-6-8-10-19)20(27)16-26-21(28)23(24-22(26)29)13-11-18(5-2)12-14-23/h6-10,17-18H,4-5,11-16H2,1-3H3,(H,24,29). The van der Waals surface area contributed by atoms with E-state index >= 15 is 0 Å². The highest BCUT2D eigenvalue weighted by molar-refractivity contribution is 6.09. The van der Waals surface area contributed by atoms with Crippen molar-refractivity contribution in [2.24, 2.45) is 5.92 Å². The molecular formula is C23H33N3O3.